The molecule has 1 N–H and O–H groups in total. The summed E-state index contributed by atoms with van der Waals surface area (Å²) in [6, 6.07) is 5.47. The van der Waals surface area contributed by atoms with Crippen LogP contribution in [0.3, 0.4) is 0 Å². The second-order valence-electron chi connectivity index (χ2n) is 3.90. The van der Waals surface area contributed by atoms with Gasteiger partial charge in [0.1, 0.15) is 0 Å². The molecule has 4 nitrogen and oxygen atoms in total. The highest BCUT2D eigenvalue weighted by atomic mass is 35.5. The third kappa shape index (κ3) is 3.70. The summed E-state index contributed by atoms with van der Waals surface area (Å²) < 4.78 is 5.01. The Morgan fingerprint density at radius 1 is 1.33 bits per heavy atom. The van der Waals surface area contributed by atoms with E-state index in [2.05, 4.69) is 15.5 Å². The molecule has 1 aromatic carbocycles. The van der Waals surface area contributed by atoms with Crippen LogP contribution < -0.4 is 5.32 Å². The van der Waals surface area contributed by atoms with E-state index in [0.29, 0.717) is 34.7 Å². The van der Waals surface area contributed by atoms with Crippen molar-refractivity contribution in [2.24, 2.45) is 0 Å². The highest BCUT2D eigenvalue weighted by Crippen LogP contribution is 2.20. The average molecular weight is 286 g/mol. The summed E-state index contributed by atoms with van der Waals surface area (Å²) in [7, 11) is 0. The van der Waals surface area contributed by atoms with Crippen LogP contribution in [0.25, 0.3) is 0 Å². The van der Waals surface area contributed by atoms with Crippen molar-refractivity contribution < 1.29 is 4.52 Å². The Balaban J connectivity index is 1.78. The van der Waals surface area contributed by atoms with E-state index in [0.717, 1.165) is 12.1 Å². The first kappa shape index (κ1) is 13.3. The van der Waals surface area contributed by atoms with Crippen LogP contribution in [-0.4, -0.2) is 16.7 Å². The van der Waals surface area contributed by atoms with Crippen LogP contribution in [0.2, 0.25) is 10.0 Å². The summed E-state index contributed by atoms with van der Waals surface area (Å²) in [4.78, 5) is 4.12. The molecule has 0 unspecified atom stereocenters. The normalized spacial score (nSPS) is 10.8. The Hall–Kier alpha value is -1.10. The van der Waals surface area contributed by atoms with Crippen molar-refractivity contribution in [1.29, 1.82) is 0 Å². The van der Waals surface area contributed by atoms with E-state index >= 15 is 0 Å². The molecule has 2 aromatic rings. The van der Waals surface area contributed by atoms with Gasteiger partial charge in [-0.15, -0.1) is 0 Å². The number of halogens is 2. The Morgan fingerprint density at radius 2 is 2.17 bits per heavy atom. The molecule has 0 aliphatic heterocycles. The summed E-state index contributed by atoms with van der Waals surface area (Å²) in [6.07, 6.45) is 0.700. The van der Waals surface area contributed by atoms with Crippen LogP contribution in [0.4, 0.5) is 0 Å². The maximum atomic E-state index is 6.06. The Bertz CT molecular complexity index is 528. The summed E-state index contributed by atoms with van der Waals surface area (Å²) >= 11 is 11.9. The molecule has 0 spiro atoms. The lowest BCUT2D eigenvalue weighted by molar-refractivity contribution is 0.372. The lowest BCUT2D eigenvalue weighted by atomic mass is 10.2. The maximum absolute atomic E-state index is 6.06. The van der Waals surface area contributed by atoms with Gasteiger partial charge < -0.3 is 9.84 Å². The fourth-order valence-electron chi connectivity index (χ4n) is 1.53. The van der Waals surface area contributed by atoms with Crippen molar-refractivity contribution in [2.75, 3.05) is 6.54 Å². The van der Waals surface area contributed by atoms with Crippen molar-refractivity contribution in [2.45, 2.75) is 19.9 Å². The number of aryl methyl sites for hydroxylation is 1. The molecular weight excluding hydrogens is 273 g/mol. The first-order valence-electron chi connectivity index (χ1n) is 5.59. The predicted octanol–water partition coefficient (Wildman–Crippen LogP) is 3.02. The molecule has 0 atom stereocenters. The third-order valence-corrected chi connectivity index (χ3v) is 3.00. The monoisotopic (exact) mass is 285 g/mol. The van der Waals surface area contributed by atoms with Gasteiger partial charge in [-0.1, -0.05) is 34.4 Å². The molecule has 0 radical (unpaired) electrons. The number of hydrogen-bond acceptors (Lipinski definition) is 4. The second-order valence-corrected chi connectivity index (χ2v) is 4.74. The van der Waals surface area contributed by atoms with E-state index < -0.39 is 0 Å². The number of rotatable bonds is 5. The molecule has 96 valence electrons. The summed E-state index contributed by atoms with van der Waals surface area (Å²) in [6.45, 7) is 3.23. The quantitative estimate of drug-likeness (QED) is 0.858. The molecule has 6 heteroatoms. The molecule has 0 bridgehead atoms. The van der Waals surface area contributed by atoms with E-state index in [1.54, 1.807) is 13.0 Å². The van der Waals surface area contributed by atoms with Crippen LogP contribution in [0.15, 0.2) is 22.7 Å². The molecule has 1 heterocycles. The van der Waals surface area contributed by atoms with Gasteiger partial charge in [0.2, 0.25) is 5.89 Å². The van der Waals surface area contributed by atoms with Crippen molar-refractivity contribution in [3.05, 3.63) is 45.5 Å². The molecule has 0 aliphatic rings. The molecule has 0 saturated carbocycles. The van der Waals surface area contributed by atoms with E-state index in [4.69, 9.17) is 27.7 Å². The fourth-order valence-corrected chi connectivity index (χ4v) is 2.00. The summed E-state index contributed by atoms with van der Waals surface area (Å²) in [5.74, 6) is 1.30. The molecule has 2 rings (SSSR count). The van der Waals surface area contributed by atoms with E-state index in [9.17, 15) is 0 Å². The van der Waals surface area contributed by atoms with Crippen LogP contribution in [0, 0.1) is 6.92 Å². The molecular formula is C12H13Cl2N3O. The van der Waals surface area contributed by atoms with E-state index in [-0.39, 0.29) is 0 Å². The SMILES string of the molecule is Cc1noc(CCNCc2ccc(Cl)cc2Cl)n1. The Kier molecular flexibility index (Phi) is 4.58. The lowest BCUT2D eigenvalue weighted by Crippen LogP contribution is -2.17. The van der Waals surface area contributed by atoms with Crippen LogP contribution >= 0.6 is 23.2 Å². The summed E-state index contributed by atoms with van der Waals surface area (Å²) in [5, 5.41) is 8.31. The zero-order valence-corrected chi connectivity index (χ0v) is 11.4. The molecule has 0 fully saturated rings. The second kappa shape index (κ2) is 6.18. The number of aromatic nitrogens is 2. The van der Waals surface area contributed by atoms with Crippen molar-refractivity contribution in [3.8, 4) is 0 Å². The minimum atomic E-state index is 0.641. The number of nitrogens with one attached hydrogen (secondary N) is 1. The first-order valence-corrected chi connectivity index (χ1v) is 6.34. The van der Waals surface area contributed by atoms with Gasteiger partial charge in [-0.3, -0.25) is 0 Å². The molecule has 18 heavy (non-hydrogen) atoms. The van der Waals surface area contributed by atoms with E-state index in [1.165, 1.54) is 0 Å². The Labute approximate surface area is 115 Å². The van der Waals surface area contributed by atoms with Crippen LogP contribution in [0.1, 0.15) is 17.3 Å². The fraction of sp³-hybridized carbons (Fsp3) is 0.333. The zero-order valence-electron chi connectivity index (χ0n) is 9.91. The highest BCUT2D eigenvalue weighted by Gasteiger charge is 2.03. The molecule has 0 saturated heterocycles. The van der Waals surface area contributed by atoms with Gasteiger partial charge in [0.25, 0.3) is 0 Å². The number of hydrogen-bond donors (Lipinski definition) is 1. The minimum absolute atomic E-state index is 0.641. The van der Waals surface area contributed by atoms with Gasteiger partial charge in [0.15, 0.2) is 5.82 Å². The molecule has 1 aromatic heterocycles. The van der Waals surface area contributed by atoms with Crippen molar-refractivity contribution in [1.82, 2.24) is 15.5 Å². The van der Waals surface area contributed by atoms with Crippen molar-refractivity contribution >= 4 is 23.2 Å². The largest absolute Gasteiger partial charge is 0.339 e. The van der Waals surface area contributed by atoms with Gasteiger partial charge in [-0.2, -0.15) is 4.98 Å². The third-order valence-electron chi connectivity index (χ3n) is 2.42. The maximum Gasteiger partial charge on any atom is 0.227 e. The smallest absolute Gasteiger partial charge is 0.227 e. The minimum Gasteiger partial charge on any atom is -0.339 e. The first-order chi connectivity index (χ1) is 8.65. The zero-order chi connectivity index (χ0) is 13.0. The molecule has 0 amide bonds. The van der Waals surface area contributed by atoms with E-state index in [1.807, 2.05) is 12.1 Å². The number of nitrogens with zero attached hydrogens (tertiary/aromatic N) is 2. The Morgan fingerprint density at radius 3 is 2.83 bits per heavy atom. The van der Waals surface area contributed by atoms with Gasteiger partial charge in [0, 0.05) is 29.6 Å². The standard InChI is InChI=1S/C12H13Cl2N3O/c1-8-16-12(18-17-8)4-5-15-7-9-2-3-10(13)6-11(9)14/h2-3,6,15H,4-5,7H2,1H3. The predicted molar refractivity (Wildman–Crippen MR) is 70.9 cm³/mol. The highest BCUT2D eigenvalue weighted by molar-refractivity contribution is 6.35. The topological polar surface area (TPSA) is 51.0 Å². The van der Waals surface area contributed by atoms with Crippen LogP contribution in [0.5, 0.6) is 0 Å². The van der Waals surface area contributed by atoms with Gasteiger partial charge >= 0.3 is 0 Å². The lowest BCUT2D eigenvalue weighted by Gasteiger charge is -2.05. The molecule has 0 aliphatic carbocycles. The number of benzene rings is 1. The van der Waals surface area contributed by atoms with Gasteiger partial charge in [-0.05, 0) is 24.6 Å². The van der Waals surface area contributed by atoms with Gasteiger partial charge in [0.05, 0.1) is 0 Å². The van der Waals surface area contributed by atoms with Crippen LogP contribution in [-0.2, 0) is 13.0 Å². The average Bonchev–Trinajstić information content (AvgIpc) is 2.73. The summed E-state index contributed by atoms with van der Waals surface area (Å²) in [5.41, 5.74) is 1.02. The van der Waals surface area contributed by atoms with Crippen molar-refractivity contribution in [3.63, 3.8) is 0 Å². The van der Waals surface area contributed by atoms with Gasteiger partial charge in [-0.25, -0.2) is 0 Å².